The first-order chi connectivity index (χ1) is 12.0. The van der Waals surface area contributed by atoms with Crippen LogP contribution in [0.1, 0.15) is 31.2 Å². The summed E-state index contributed by atoms with van der Waals surface area (Å²) in [6.45, 7) is 0. The molecule has 25 heavy (non-hydrogen) atoms. The highest BCUT2D eigenvalue weighted by Crippen LogP contribution is 2.47. The third-order valence-electron chi connectivity index (χ3n) is 5.28. The highest BCUT2D eigenvalue weighted by atomic mass is 31.2. The van der Waals surface area contributed by atoms with Crippen LogP contribution >= 0.6 is 7.82 Å². The van der Waals surface area contributed by atoms with Gasteiger partial charge in [-0.25, -0.2) is 4.57 Å². The van der Waals surface area contributed by atoms with E-state index in [4.69, 9.17) is 14.3 Å². The maximum Gasteiger partial charge on any atom is 0.469 e. The molecule has 0 radical (unpaired) electrons. The molecule has 7 heteroatoms. The van der Waals surface area contributed by atoms with Crippen LogP contribution < -0.4 is 4.90 Å². The first-order valence-corrected chi connectivity index (χ1v) is 9.93. The lowest BCUT2D eigenvalue weighted by Crippen LogP contribution is -2.45. The van der Waals surface area contributed by atoms with E-state index in [1.165, 1.54) is 0 Å². The molecule has 2 bridgehead atoms. The van der Waals surface area contributed by atoms with E-state index in [9.17, 15) is 9.83 Å². The Morgan fingerprint density at radius 3 is 2.32 bits per heavy atom. The summed E-state index contributed by atoms with van der Waals surface area (Å²) in [6, 6.07) is 14.4. The van der Waals surface area contributed by atoms with Crippen LogP contribution in [0, 0.1) is 11.3 Å². The van der Waals surface area contributed by atoms with Gasteiger partial charge in [0.25, 0.3) is 0 Å². The van der Waals surface area contributed by atoms with Gasteiger partial charge < -0.3 is 14.7 Å². The van der Waals surface area contributed by atoms with Crippen LogP contribution in [0.2, 0.25) is 0 Å². The summed E-state index contributed by atoms with van der Waals surface area (Å²) in [5.41, 5.74) is 1.75. The topological polar surface area (TPSA) is 93.8 Å². The van der Waals surface area contributed by atoms with Crippen molar-refractivity contribution >= 4 is 24.3 Å². The Labute approximate surface area is 145 Å². The van der Waals surface area contributed by atoms with E-state index in [0.29, 0.717) is 18.4 Å². The van der Waals surface area contributed by atoms with Crippen LogP contribution in [0.3, 0.4) is 0 Å². The van der Waals surface area contributed by atoms with Crippen molar-refractivity contribution in [2.45, 2.75) is 43.9 Å². The number of hydrogen-bond acceptors (Lipinski definition) is 4. The predicted octanol–water partition coefficient (Wildman–Crippen LogP) is 3.32. The fourth-order valence-electron chi connectivity index (χ4n) is 4.41. The van der Waals surface area contributed by atoms with Crippen LogP contribution in [-0.4, -0.2) is 28.0 Å². The minimum Gasteiger partial charge on any atom is -0.365 e. The quantitative estimate of drug-likeness (QED) is 0.818. The van der Waals surface area contributed by atoms with Gasteiger partial charge >= 0.3 is 7.82 Å². The summed E-state index contributed by atoms with van der Waals surface area (Å²) in [5, 5.41) is 11.3. The minimum atomic E-state index is -4.46. The Morgan fingerprint density at radius 2 is 1.72 bits per heavy atom. The van der Waals surface area contributed by atoms with Crippen molar-refractivity contribution in [1.29, 1.82) is 5.26 Å². The zero-order valence-electron chi connectivity index (χ0n) is 13.6. The normalized spacial score (nSPS) is 26.0. The molecule has 2 aliphatic heterocycles. The predicted molar refractivity (Wildman–Crippen MR) is 94.1 cm³/mol. The molecule has 2 saturated heterocycles. The third-order valence-corrected chi connectivity index (χ3v) is 5.85. The minimum absolute atomic E-state index is 0.201. The van der Waals surface area contributed by atoms with Gasteiger partial charge in [-0.15, -0.1) is 0 Å². The second-order valence-electron chi connectivity index (χ2n) is 6.77. The Kier molecular flexibility index (Phi) is 4.05. The number of anilines is 1. The number of benzene rings is 2. The Morgan fingerprint density at radius 1 is 1.08 bits per heavy atom. The Hall–Kier alpha value is -1.90. The van der Waals surface area contributed by atoms with E-state index < -0.39 is 13.9 Å². The second kappa shape index (κ2) is 6.12. The zero-order chi connectivity index (χ0) is 17.6. The molecule has 130 valence electrons. The maximum atomic E-state index is 11.2. The number of phosphoric acid groups is 1. The molecule has 2 N–H and O–H groups in total. The van der Waals surface area contributed by atoms with Gasteiger partial charge in [0.05, 0.1) is 17.7 Å². The number of piperidine rings is 1. The molecule has 3 atom stereocenters. The molecule has 0 amide bonds. The molecule has 0 aliphatic carbocycles. The van der Waals surface area contributed by atoms with Crippen LogP contribution in [0.15, 0.2) is 36.4 Å². The zero-order valence-corrected chi connectivity index (χ0v) is 14.5. The van der Waals surface area contributed by atoms with Gasteiger partial charge in [-0.1, -0.05) is 24.3 Å². The summed E-state index contributed by atoms with van der Waals surface area (Å²) in [7, 11) is -4.46. The van der Waals surface area contributed by atoms with Crippen LogP contribution in [0.5, 0.6) is 0 Å². The molecule has 2 fully saturated rings. The third kappa shape index (κ3) is 3.05. The van der Waals surface area contributed by atoms with Crippen molar-refractivity contribution in [3.05, 3.63) is 42.0 Å². The fraction of sp³-hybridized carbons (Fsp3) is 0.389. The lowest BCUT2D eigenvalue weighted by Gasteiger charge is -2.40. The SMILES string of the molecule is N#Cc1ccc(N2[C@@H]3CC[C@H]2CC(OP(=O)(O)O)C3)c2ccccc12. The van der Waals surface area contributed by atoms with Gasteiger partial charge in [0.1, 0.15) is 0 Å². The Balaban J connectivity index is 1.70. The van der Waals surface area contributed by atoms with Gasteiger partial charge in [0.15, 0.2) is 0 Å². The lowest BCUT2D eigenvalue weighted by molar-refractivity contribution is 0.102. The van der Waals surface area contributed by atoms with Crippen LogP contribution in [-0.2, 0) is 9.09 Å². The summed E-state index contributed by atoms with van der Waals surface area (Å²) >= 11 is 0. The number of fused-ring (bicyclic) bond motifs is 3. The molecule has 2 heterocycles. The molecule has 0 aromatic heterocycles. The van der Waals surface area contributed by atoms with E-state index in [1.54, 1.807) is 0 Å². The van der Waals surface area contributed by atoms with Crippen molar-refractivity contribution in [1.82, 2.24) is 0 Å². The summed E-state index contributed by atoms with van der Waals surface area (Å²) in [6.07, 6.45) is 2.78. The van der Waals surface area contributed by atoms with Crippen molar-refractivity contribution in [3.8, 4) is 6.07 Å². The number of rotatable bonds is 3. The summed E-state index contributed by atoms with van der Waals surface area (Å²) in [4.78, 5) is 20.5. The number of hydrogen-bond donors (Lipinski definition) is 2. The number of nitriles is 1. The average molecular weight is 358 g/mol. The largest absolute Gasteiger partial charge is 0.469 e. The highest BCUT2D eigenvalue weighted by Gasteiger charge is 2.43. The monoisotopic (exact) mass is 358 g/mol. The van der Waals surface area contributed by atoms with Crippen LogP contribution in [0.25, 0.3) is 10.8 Å². The molecular weight excluding hydrogens is 339 g/mol. The van der Waals surface area contributed by atoms with Crippen molar-refractivity contribution in [2.75, 3.05) is 4.90 Å². The first kappa shape index (κ1) is 16.6. The highest BCUT2D eigenvalue weighted by molar-refractivity contribution is 7.46. The molecule has 2 aromatic rings. The lowest BCUT2D eigenvalue weighted by atomic mass is 9.96. The molecule has 4 rings (SSSR count). The van der Waals surface area contributed by atoms with Gasteiger partial charge in [0.2, 0.25) is 0 Å². The fourth-order valence-corrected chi connectivity index (χ4v) is 4.97. The molecule has 2 aliphatic rings. The maximum absolute atomic E-state index is 11.2. The molecule has 2 aromatic carbocycles. The number of phosphoric ester groups is 1. The smallest absolute Gasteiger partial charge is 0.365 e. The van der Waals surface area contributed by atoms with Gasteiger partial charge in [-0.05, 0) is 37.8 Å². The van der Waals surface area contributed by atoms with Crippen molar-refractivity contribution < 1.29 is 18.9 Å². The van der Waals surface area contributed by atoms with E-state index >= 15 is 0 Å². The van der Waals surface area contributed by atoms with Gasteiger partial charge in [-0.2, -0.15) is 5.26 Å². The molecule has 6 nitrogen and oxygen atoms in total. The molecule has 1 unspecified atom stereocenters. The molecule has 0 saturated carbocycles. The molecular formula is C18H19N2O4P. The van der Waals surface area contributed by atoms with E-state index in [0.717, 1.165) is 29.3 Å². The second-order valence-corrected chi connectivity index (χ2v) is 7.96. The molecule has 0 spiro atoms. The van der Waals surface area contributed by atoms with E-state index in [-0.39, 0.29) is 12.1 Å². The van der Waals surface area contributed by atoms with Crippen molar-refractivity contribution in [2.24, 2.45) is 0 Å². The standard InChI is InChI=1S/C18H19N2O4P/c19-11-12-5-8-18(17-4-2-1-3-16(12)17)20-13-6-7-14(20)10-15(9-13)24-25(21,22)23/h1-5,8,13-15H,6-7,9-10H2,(H2,21,22,23)/t13-,14+,15?. The van der Waals surface area contributed by atoms with E-state index in [2.05, 4.69) is 11.0 Å². The van der Waals surface area contributed by atoms with Crippen molar-refractivity contribution in [3.63, 3.8) is 0 Å². The Bertz CT molecular complexity index is 890. The van der Waals surface area contributed by atoms with Gasteiger partial charge in [-0.3, -0.25) is 4.52 Å². The first-order valence-electron chi connectivity index (χ1n) is 8.40. The summed E-state index contributed by atoms with van der Waals surface area (Å²) in [5.74, 6) is 0. The summed E-state index contributed by atoms with van der Waals surface area (Å²) < 4.78 is 16.1. The number of nitrogens with zero attached hydrogens (tertiary/aromatic N) is 2. The van der Waals surface area contributed by atoms with Crippen LogP contribution in [0.4, 0.5) is 5.69 Å². The van der Waals surface area contributed by atoms with Gasteiger partial charge in [0, 0.05) is 28.5 Å². The van der Waals surface area contributed by atoms with E-state index in [1.807, 2.05) is 36.4 Å². The average Bonchev–Trinajstić information content (AvgIpc) is 2.83.